The van der Waals surface area contributed by atoms with Gasteiger partial charge in [0.2, 0.25) is 0 Å². The highest BCUT2D eigenvalue weighted by atomic mass is 19.1. The van der Waals surface area contributed by atoms with Crippen molar-refractivity contribution in [3.63, 3.8) is 0 Å². The Morgan fingerprint density at radius 1 is 1.28 bits per heavy atom. The predicted octanol–water partition coefficient (Wildman–Crippen LogP) is 4.23. The van der Waals surface area contributed by atoms with Crippen LogP contribution in [0.1, 0.15) is 53.3 Å². The summed E-state index contributed by atoms with van der Waals surface area (Å²) in [6.07, 6.45) is 5.96. The number of halogens is 1. The van der Waals surface area contributed by atoms with Crippen LogP contribution in [0.15, 0.2) is 41.1 Å². The number of hydrogen-bond donors (Lipinski definition) is 1. The quantitative estimate of drug-likeness (QED) is 0.701. The Bertz CT molecular complexity index is 1000. The van der Waals surface area contributed by atoms with Gasteiger partial charge in [0.05, 0.1) is 22.5 Å². The molecule has 4 rings (SSSR count). The summed E-state index contributed by atoms with van der Waals surface area (Å²) < 4.78 is 21.0. The Balaban J connectivity index is 1.36. The lowest BCUT2D eigenvalue weighted by Gasteiger charge is -2.28. The van der Waals surface area contributed by atoms with E-state index in [2.05, 4.69) is 15.6 Å². The van der Waals surface area contributed by atoms with Crippen molar-refractivity contribution in [3.05, 3.63) is 59.3 Å². The SMILES string of the molecule is Cc1cc(-c2cn(C)nc2C2CCC(CNC(=O)c3ccccc3F)CC2)on1. The van der Waals surface area contributed by atoms with Gasteiger partial charge in [-0.1, -0.05) is 17.3 Å². The highest BCUT2D eigenvalue weighted by Gasteiger charge is 2.28. The molecule has 0 aliphatic heterocycles. The number of aromatic nitrogens is 3. The molecule has 3 aromatic rings. The van der Waals surface area contributed by atoms with Crippen LogP contribution in [-0.4, -0.2) is 27.4 Å². The maximum Gasteiger partial charge on any atom is 0.254 e. The average Bonchev–Trinajstić information content (AvgIpc) is 3.32. The fraction of sp³-hybridized carbons (Fsp3) is 0.409. The van der Waals surface area contributed by atoms with Crippen molar-refractivity contribution < 1.29 is 13.7 Å². The summed E-state index contributed by atoms with van der Waals surface area (Å²) >= 11 is 0. The van der Waals surface area contributed by atoms with Crippen molar-refractivity contribution in [2.45, 2.75) is 38.5 Å². The molecule has 1 aliphatic rings. The summed E-state index contributed by atoms with van der Waals surface area (Å²) in [5.74, 6) is 0.665. The lowest BCUT2D eigenvalue weighted by molar-refractivity contribution is 0.0938. The molecule has 1 aromatic carbocycles. The summed E-state index contributed by atoms with van der Waals surface area (Å²) in [5.41, 5.74) is 3.01. The third-order valence-corrected chi connectivity index (χ3v) is 5.65. The lowest BCUT2D eigenvalue weighted by Crippen LogP contribution is -2.31. The van der Waals surface area contributed by atoms with Gasteiger partial charge in [-0.15, -0.1) is 0 Å². The van der Waals surface area contributed by atoms with Crippen LogP contribution in [0.3, 0.4) is 0 Å². The van der Waals surface area contributed by atoms with Crippen molar-refractivity contribution in [1.82, 2.24) is 20.3 Å². The third-order valence-electron chi connectivity index (χ3n) is 5.65. The van der Waals surface area contributed by atoms with E-state index in [9.17, 15) is 9.18 Å². The largest absolute Gasteiger partial charge is 0.356 e. The van der Waals surface area contributed by atoms with Gasteiger partial charge < -0.3 is 9.84 Å². The first-order valence-electron chi connectivity index (χ1n) is 10.0. The first-order chi connectivity index (χ1) is 14.0. The molecule has 0 spiro atoms. The summed E-state index contributed by atoms with van der Waals surface area (Å²) in [4.78, 5) is 12.2. The summed E-state index contributed by atoms with van der Waals surface area (Å²) in [5, 5.41) is 11.6. The molecule has 2 aromatic heterocycles. The molecule has 152 valence electrons. The maximum atomic E-state index is 13.7. The summed E-state index contributed by atoms with van der Waals surface area (Å²) in [6, 6.07) is 8.00. The second kappa shape index (κ2) is 8.19. The van der Waals surface area contributed by atoms with Gasteiger partial charge in [-0.25, -0.2) is 4.39 Å². The monoisotopic (exact) mass is 396 g/mol. The molecular weight excluding hydrogens is 371 g/mol. The minimum Gasteiger partial charge on any atom is -0.356 e. The van der Waals surface area contributed by atoms with Crippen molar-refractivity contribution in [3.8, 4) is 11.3 Å². The van der Waals surface area contributed by atoms with Gasteiger partial charge in [0.25, 0.3) is 5.91 Å². The molecule has 6 nitrogen and oxygen atoms in total. The van der Waals surface area contributed by atoms with Crippen LogP contribution >= 0.6 is 0 Å². The minimum absolute atomic E-state index is 0.0988. The molecule has 0 bridgehead atoms. The normalized spacial score (nSPS) is 19.3. The Morgan fingerprint density at radius 3 is 2.72 bits per heavy atom. The molecule has 1 fully saturated rings. The van der Waals surface area contributed by atoms with Crippen LogP contribution in [0, 0.1) is 18.7 Å². The molecule has 1 saturated carbocycles. The van der Waals surface area contributed by atoms with Crippen LogP contribution in [0.25, 0.3) is 11.3 Å². The van der Waals surface area contributed by atoms with Gasteiger partial charge in [0.15, 0.2) is 5.76 Å². The zero-order valence-electron chi connectivity index (χ0n) is 16.7. The van der Waals surface area contributed by atoms with E-state index < -0.39 is 5.82 Å². The first kappa shape index (κ1) is 19.4. The fourth-order valence-electron chi connectivity index (χ4n) is 4.11. The Labute approximate surface area is 169 Å². The summed E-state index contributed by atoms with van der Waals surface area (Å²) in [6.45, 7) is 2.47. The van der Waals surface area contributed by atoms with E-state index in [1.807, 2.05) is 30.9 Å². The van der Waals surface area contributed by atoms with Gasteiger partial charge in [-0.3, -0.25) is 9.48 Å². The third kappa shape index (κ3) is 4.23. The second-order valence-electron chi connectivity index (χ2n) is 7.84. The van der Waals surface area contributed by atoms with Crippen molar-refractivity contribution >= 4 is 5.91 Å². The Kier molecular flexibility index (Phi) is 5.47. The zero-order valence-corrected chi connectivity index (χ0v) is 16.7. The van der Waals surface area contributed by atoms with Gasteiger partial charge >= 0.3 is 0 Å². The van der Waals surface area contributed by atoms with E-state index in [-0.39, 0.29) is 11.5 Å². The Morgan fingerprint density at radius 2 is 2.03 bits per heavy atom. The molecule has 0 atom stereocenters. The fourth-order valence-corrected chi connectivity index (χ4v) is 4.11. The standard InChI is InChI=1S/C22H25FN4O2/c1-14-11-20(29-26-14)18-13-27(2)25-21(18)16-9-7-15(8-10-16)12-24-22(28)17-5-3-4-6-19(17)23/h3-6,11,13,15-16H,7-10,12H2,1-2H3,(H,24,28). The minimum atomic E-state index is -0.487. The number of rotatable bonds is 5. The van der Waals surface area contributed by atoms with E-state index >= 15 is 0 Å². The molecule has 1 N–H and O–H groups in total. The highest BCUT2D eigenvalue weighted by molar-refractivity contribution is 5.94. The number of nitrogens with zero attached hydrogens (tertiary/aromatic N) is 3. The molecule has 2 heterocycles. The molecule has 1 aliphatic carbocycles. The number of amides is 1. The predicted molar refractivity (Wildman–Crippen MR) is 107 cm³/mol. The molecule has 7 heteroatoms. The van der Waals surface area contributed by atoms with Crippen molar-refractivity contribution in [2.24, 2.45) is 13.0 Å². The van der Waals surface area contributed by atoms with Gasteiger partial charge in [-0.05, 0) is 50.7 Å². The van der Waals surface area contributed by atoms with Crippen LogP contribution in [0.2, 0.25) is 0 Å². The van der Waals surface area contributed by atoms with Crippen LogP contribution in [0.5, 0.6) is 0 Å². The van der Waals surface area contributed by atoms with E-state index in [0.29, 0.717) is 18.4 Å². The average molecular weight is 396 g/mol. The van der Waals surface area contributed by atoms with E-state index in [1.165, 1.54) is 12.1 Å². The topological polar surface area (TPSA) is 73.0 Å². The molecule has 1 amide bonds. The zero-order chi connectivity index (χ0) is 20.4. The number of carbonyl (C=O) groups excluding carboxylic acids is 1. The number of carbonyl (C=O) groups is 1. The van der Waals surface area contributed by atoms with Gasteiger partial charge in [0, 0.05) is 31.8 Å². The maximum absolute atomic E-state index is 13.7. The van der Waals surface area contributed by atoms with Crippen LogP contribution in [-0.2, 0) is 7.05 Å². The van der Waals surface area contributed by atoms with E-state index in [0.717, 1.165) is 48.4 Å². The number of benzene rings is 1. The van der Waals surface area contributed by atoms with E-state index in [4.69, 9.17) is 4.52 Å². The molecule has 0 radical (unpaired) electrons. The lowest BCUT2D eigenvalue weighted by atomic mass is 9.79. The first-order valence-corrected chi connectivity index (χ1v) is 10.0. The van der Waals surface area contributed by atoms with Crippen LogP contribution in [0.4, 0.5) is 4.39 Å². The number of aryl methyl sites for hydroxylation is 2. The summed E-state index contributed by atoms with van der Waals surface area (Å²) in [7, 11) is 1.92. The smallest absolute Gasteiger partial charge is 0.254 e. The molecule has 29 heavy (non-hydrogen) atoms. The molecular formula is C22H25FN4O2. The van der Waals surface area contributed by atoms with Gasteiger partial charge in [0.1, 0.15) is 5.82 Å². The highest BCUT2D eigenvalue weighted by Crippen LogP contribution is 2.39. The van der Waals surface area contributed by atoms with E-state index in [1.54, 1.807) is 12.1 Å². The van der Waals surface area contributed by atoms with Gasteiger partial charge in [-0.2, -0.15) is 5.10 Å². The number of nitrogens with one attached hydrogen (secondary N) is 1. The molecule has 0 saturated heterocycles. The Hall–Kier alpha value is -2.96. The van der Waals surface area contributed by atoms with Crippen molar-refractivity contribution in [2.75, 3.05) is 6.54 Å². The second-order valence-corrected chi connectivity index (χ2v) is 7.84. The van der Waals surface area contributed by atoms with Crippen molar-refractivity contribution in [1.29, 1.82) is 0 Å². The molecule has 0 unspecified atom stereocenters. The van der Waals surface area contributed by atoms with Crippen LogP contribution < -0.4 is 5.32 Å². The number of hydrogen-bond acceptors (Lipinski definition) is 4.